The number of rotatable bonds is 2. The van der Waals surface area contributed by atoms with E-state index in [-0.39, 0.29) is 5.41 Å². The summed E-state index contributed by atoms with van der Waals surface area (Å²) in [6.07, 6.45) is 7.09. The largest absolute Gasteiger partial charge is 0.114 e. The fourth-order valence-electron chi connectivity index (χ4n) is 9.92. The second-order valence-electron chi connectivity index (χ2n) is 12.7. The van der Waals surface area contributed by atoms with Crippen molar-refractivity contribution in [2.75, 3.05) is 0 Å². The maximum absolute atomic E-state index is 6.55. The molecule has 5 aliphatic rings. The van der Waals surface area contributed by atoms with Crippen molar-refractivity contribution in [1.29, 1.82) is 0 Å². The van der Waals surface area contributed by atoms with E-state index in [0.717, 1.165) is 34.7 Å². The van der Waals surface area contributed by atoms with Gasteiger partial charge in [0.2, 0.25) is 0 Å². The van der Waals surface area contributed by atoms with Crippen LogP contribution in [0.5, 0.6) is 0 Å². The van der Waals surface area contributed by atoms with Crippen molar-refractivity contribution in [1.82, 2.24) is 0 Å². The first-order chi connectivity index (χ1) is 19.2. The van der Waals surface area contributed by atoms with Crippen molar-refractivity contribution in [3.8, 4) is 33.4 Å². The van der Waals surface area contributed by atoms with E-state index in [1.54, 1.807) is 11.1 Å². The second kappa shape index (κ2) is 7.98. The van der Waals surface area contributed by atoms with Gasteiger partial charge in [0, 0.05) is 5.41 Å². The maximum atomic E-state index is 6.55. The van der Waals surface area contributed by atoms with E-state index in [2.05, 4.69) is 91.0 Å². The highest BCUT2D eigenvalue weighted by Crippen LogP contribution is 2.70. The number of hydrogen-bond donors (Lipinski definition) is 0. The van der Waals surface area contributed by atoms with Crippen LogP contribution in [-0.2, 0) is 5.41 Å². The molecule has 5 aliphatic carbocycles. The first kappa shape index (κ1) is 22.3. The molecule has 186 valence electrons. The zero-order valence-corrected chi connectivity index (χ0v) is 22.2. The Labute approximate surface area is 232 Å². The van der Waals surface area contributed by atoms with Crippen LogP contribution in [-0.4, -0.2) is 7.85 Å². The van der Waals surface area contributed by atoms with Crippen molar-refractivity contribution in [2.45, 2.75) is 37.5 Å². The molecule has 1 spiro atoms. The summed E-state index contributed by atoms with van der Waals surface area (Å²) in [4.78, 5) is 0. The van der Waals surface area contributed by atoms with Crippen LogP contribution in [0.3, 0.4) is 0 Å². The van der Waals surface area contributed by atoms with Gasteiger partial charge in [-0.15, -0.1) is 0 Å². The molecule has 0 aromatic heterocycles. The molecular weight excluding hydrogens is 467 g/mol. The molecular formula is C38H31B. The van der Waals surface area contributed by atoms with E-state index >= 15 is 0 Å². The lowest BCUT2D eigenvalue weighted by Crippen LogP contribution is -2.55. The van der Waals surface area contributed by atoms with Gasteiger partial charge < -0.3 is 0 Å². The van der Waals surface area contributed by atoms with Gasteiger partial charge in [0.15, 0.2) is 0 Å². The van der Waals surface area contributed by atoms with Gasteiger partial charge in [-0.05, 0) is 117 Å². The summed E-state index contributed by atoms with van der Waals surface area (Å²) in [5.41, 5.74) is 12.2. The Kier molecular flexibility index (Phi) is 4.56. The Bertz CT molecular complexity index is 1760. The lowest BCUT2D eigenvalue weighted by atomic mass is 9.43. The van der Waals surface area contributed by atoms with Crippen LogP contribution in [0.25, 0.3) is 44.2 Å². The summed E-state index contributed by atoms with van der Waals surface area (Å²) < 4.78 is 0. The Morgan fingerprint density at radius 3 is 1.72 bits per heavy atom. The van der Waals surface area contributed by atoms with Crippen LogP contribution < -0.4 is 5.46 Å². The van der Waals surface area contributed by atoms with Crippen LogP contribution in [0.2, 0.25) is 0 Å². The molecule has 4 bridgehead atoms. The summed E-state index contributed by atoms with van der Waals surface area (Å²) >= 11 is 0. The summed E-state index contributed by atoms with van der Waals surface area (Å²) in [7, 11) is 6.55. The topological polar surface area (TPSA) is 0 Å². The molecule has 39 heavy (non-hydrogen) atoms. The van der Waals surface area contributed by atoms with Gasteiger partial charge in [-0.25, -0.2) is 0 Å². The zero-order valence-electron chi connectivity index (χ0n) is 22.2. The number of hydrogen-bond acceptors (Lipinski definition) is 0. The van der Waals surface area contributed by atoms with Crippen molar-refractivity contribution in [3.05, 3.63) is 114 Å². The molecule has 0 heterocycles. The monoisotopic (exact) mass is 498 g/mol. The molecule has 10 rings (SSSR count). The summed E-state index contributed by atoms with van der Waals surface area (Å²) in [5, 5.41) is 2.74. The Morgan fingerprint density at radius 2 is 1.03 bits per heavy atom. The maximum Gasteiger partial charge on any atom is 0.114 e. The van der Waals surface area contributed by atoms with E-state index in [1.807, 2.05) is 12.1 Å². The lowest BCUT2D eigenvalue weighted by Gasteiger charge is -2.61. The second-order valence-corrected chi connectivity index (χ2v) is 12.7. The molecule has 5 aromatic rings. The van der Waals surface area contributed by atoms with Gasteiger partial charge in [-0.1, -0.05) is 103 Å². The van der Waals surface area contributed by atoms with Crippen LogP contribution in [0.15, 0.2) is 103 Å². The third-order valence-corrected chi connectivity index (χ3v) is 11.0. The van der Waals surface area contributed by atoms with Gasteiger partial charge in [-0.3, -0.25) is 0 Å². The Balaban J connectivity index is 1.39. The number of fused-ring (bicyclic) bond motifs is 5. The minimum atomic E-state index is 0.152. The Hall–Kier alpha value is -3.58. The van der Waals surface area contributed by atoms with E-state index < -0.39 is 0 Å². The van der Waals surface area contributed by atoms with Crippen LogP contribution in [0.4, 0.5) is 0 Å². The average Bonchev–Trinajstić information content (AvgIpc) is 3.26. The normalized spacial score (nSPS) is 27.7. The minimum Gasteiger partial charge on any atom is -0.0890 e. The molecule has 0 amide bonds. The van der Waals surface area contributed by atoms with Crippen LogP contribution in [0.1, 0.15) is 43.2 Å². The minimum absolute atomic E-state index is 0.152. The van der Waals surface area contributed by atoms with Crippen molar-refractivity contribution < 1.29 is 0 Å². The van der Waals surface area contributed by atoms with Crippen LogP contribution in [0, 0.1) is 23.7 Å². The first-order valence-corrected chi connectivity index (χ1v) is 14.8. The van der Waals surface area contributed by atoms with Crippen LogP contribution >= 0.6 is 0 Å². The molecule has 5 aromatic carbocycles. The highest BCUT2D eigenvalue weighted by atomic mass is 14.6. The van der Waals surface area contributed by atoms with Gasteiger partial charge in [0.05, 0.1) is 0 Å². The SMILES string of the molecule is [B]c1ccccc1-c1ccccc1-c1cc2c(c3ccccc13)-c1ccccc1C21C2CC3CC(C2)CC1C3. The molecule has 1 heteroatoms. The molecule has 0 nitrogen and oxygen atoms in total. The molecule has 0 saturated heterocycles. The molecule has 0 aliphatic heterocycles. The van der Waals surface area contributed by atoms with E-state index in [1.165, 1.54) is 70.7 Å². The highest BCUT2D eigenvalue weighted by Gasteiger charge is 2.61. The molecule has 0 N–H and O–H groups in total. The third kappa shape index (κ3) is 2.86. The molecule has 0 unspecified atom stereocenters. The first-order valence-electron chi connectivity index (χ1n) is 14.8. The highest BCUT2D eigenvalue weighted by molar-refractivity contribution is 6.36. The van der Waals surface area contributed by atoms with Gasteiger partial charge in [0.1, 0.15) is 7.85 Å². The van der Waals surface area contributed by atoms with E-state index in [9.17, 15) is 0 Å². The molecule has 0 atom stereocenters. The van der Waals surface area contributed by atoms with Gasteiger partial charge >= 0.3 is 0 Å². The third-order valence-electron chi connectivity index (χ3n) is 11.0. The molecule has 4 fully saturated rings. The van der Waals surface area contributed by atoms with E-state index in [0.29, 0.717) is 0 Å². The van der Waals surface area contributed by atoms with Gasteiger partial charge in [-0.2, -0.15) is 0 Å². The van der Waals surface area contributed by atoms with Crippen molar-refractivity contribution in [2.24, 2.45) is 23.7 Å². The quantitative estimate of drug-likeness (QED) is 0.214. The van der Waals surface area contributed by atoms with E-state index in [4.69, 9.17) is 7.85 Å². The number of benzene rings is 5. The lowest BCUT2D eigenvalue weighted by molar-refractivity contribution is -0.0399. The standard InChI is InChI=1S/C38H31B/c39-36-16-8-6-12-30(36)27-9-1-2-10-28(27)33-22-35-37(31-13-4-3-11-29(31)33)32-14-5-7-15-34(32)38(35)25-18-23-17-24(20-25)21-26(38)19-23/h1-16,22-26H,17-21H2. The van der Waals surface area contributed by atoms with Crippen molar-refractivity contribution >= 4 is 24.1 Å². The summed E-state index contributed by atoms with van der Waals surface area (Å²) in [6, 6.07) is 38.5. The molecule has 4 saturated carbocycles. The predicted octanol–water partition coefficient (Wildman–Crippen LogP) is 8.69. The molecule has 2 radical (unpaired) electrons. The fraction of sp³-hybridized carbons (Fsp3) is 0.263. The fourth-order valence-corrected chi connectivity index (χ4v) is 9.92. The zero-order chi connectivity index (χ0) is 25.7. The smallest absolute Gasteiger partial charge is 0.0890 e. The summed E-state index contributed by atoms with van der Waals surface area (Å²) in [5.74, 6) is 3.39. The summed E-state index contributed by atoms with van der Waals surface area (Å²) in [6.45, 7) is 0. The van der Waals surface area contributed by atoms with Crippen molar-refractivity contribution in [3.63, 3.8) is 0 Å². The average molecular weight is 498 g/mol. The van der Waals surface area contributed by atoms with Gasteiger partial charge in [0.25, 0.3) is 0 Å². The Morgan fingerprint density at radius 1 is 0.487 bits per heavy atom. The predicted molar refractivity (Wildman–Crippen MR) is 163 cm³/mol.